The van der Waals surface area contributed by atoms with E-state index >= 15 is 0 Å². The highest BCUT2D eigenvalue weighted by molar-refractivity contribution is 8.13. The minimum atomic E-state index is -4.14. The number of carbonyl (C=O) groups is 2. The van der Waals surface area contributed by atoms with E-state index < -0.39 is 56.8 Å². The van der Waals surface area contributed by atoms with Crippen LogP contribution in [0.3, 0.4) is 0 Å². The van der Waals surface area contributed by atoms with E-state index in [0.29, 0.717) is 0 Å². The van der Waals surface area contributed by atoms with Crippen LogP contribution in [-0.4, -0.2) is 76.8 Å². The van der Waals surface area contributed by atoms with E-state index in [1.807, 2.05) is 6.07 Å². The van der Waals surface area contributed by atoms with Crippen molar-refractivity contribution in [3.63, 3.8) is 0 Å². The van der Waals surface area contributed by atoms with Gasteiger partial charge in [-0.25, -0.2) is 0 Å². The molecule has 1 aliphatic heterocycles. The number of nitrogens with one attached hydrogen (secondary N) is 1. The first-order valence-corrected chi connectivity index (χ1v) is 14.3. The molecule has 186 valence electrons. The largest absolute Gasteiger partial charge is 0.346 e. The molecule has 1 aromatic carbocycles. The van der Waals surface area contributed by atoms with Crippen molar-refractivity contribution in [3.05, 3.63) is 35.9 Å². The summed E-state index contributed by atoms with van der Waals surface area (Å²) in [5.74, 6) is -0.634. The fraction of sp³-hybridized carbons (Fsp3) is 0.579. The van der Waals surface area contributed by atoms with E-state index in [0.717, 1.165) is 29.8 Å². The van der Waals surface area contributed by atoms with Crippen LogP contribution in [0.1, 0.15) is 19.4 Å². The lowest BCUT2D eigenvalue weighted by Gasteiger charge is -2.45. The molecular formula is C19H27NO10S3. The SMILES string of the molecule is CC(=O)N[C@H]1[C@@H](OCc2ccccc2)O[C@@H](CSC(C)=O)[C@@H](OS(C)(=O)=O)[C@@H]1OS(C)(=O)=O. The molecule has 33 heavy (non-hydrogen) atoms. The molecule has 1 N–H and O–H groups in total. The average Bonchev–Trinajstić information content (AvgIpc) is 2.67. The molecule has 0 spiro atoms. The summed E-state index contributed by atoms with van der Waals surface area (Å²) in [5, 5.41) is 2.24. The van der Waals surface area contributed by atoms with E-state index in [1.165, 1.54) is 13.8 Å². The minimum Gasteiger partial charge on any atom is -0.346 e. The first kappa shape index (κ1) is 27.7. The van der Waals surface area contributed by atoms with Crippen molar-refractivity contribution in [2.45, 2.75) is 51.1 Å². The standard InChI is InChI=1S/C19H27NO10S3/c1-12(21)20-16-18(30-33(4,25)26)17(29-32(3,23)24)15(11-31-13(2)22)28-19(16)27-10-14-8-6-5-7-9-14/h5-9,15-19H,10-11H2,1-4H3,(H,20,21)/t15-,16+,17+,18+,19-/m0/s1. The van der Waals surface area contributed by atoms with Crippen molar-refractivity contribution in [1.29, 1.82) is 0 Å². The van der Waals surface area contributed by atoms with Crippen LogP contribution in [0.25, 0.3) is 0 Å². The molecule has 11 nitrogen and oxygen atoms in total. The summed E-state index contributed by atoms with van der Waals surface area (Å²) in [6.07, 6.45) is -3.81. The second kappa shape index (κ2) is 11.7. The van der Waals surface area contributed by atoms with Gasteiger partial charge in [0.05, 0.1) is 19.1 Å². The van der Waals surface area contributed by atoms with Crippen molar-refractivity contribution in [1.82, 2.24) is 5.32 Å². The number of rotatable bonds is 10. The third-order valence-electron chi connectivity index (χ3n) is 4.30. The predicted molar refractivity (Wildman–Crippen MR) is 120 cm³/mol. The Morgan fingerprint density at radius 3 is 2.09 bits per heavy atom. The zero-order chi connectivity index (χ0) is 24.8. The molecule has 1 aliphatic rings. The summed E-state index contributed by atoms with van der Waals surface area (Å²) in [7, 11) is -8.25. The number of ether oxygens (including phenoxy) is 2. The lowest BCUT2D eigenvalue weighted by molar-refractivity contribution is -0.253. The molecule has 1 aromatic rings. The van der Waals surface area contributed by atoms with Crippen LogP contribution in [0.2, 0.25) is 0 Å². The normalized spacial score (nSPS) is 26.0. The quantitative estimate of drug-likeness (QED) is 0.423. The minimum absolute atomic E-state index is 0.0390. The maximum absolute atomic E-state index is 12.0. The van der Waals surface area contributed by atoms with Gasteiger partial charge in [0.15, 0.2) is 11.4 Å². The molecule has 1 amide bonds. The monoisotopic (exact) mass is 525 g/mol. The average molecular weight is 526 g/mol. The van der Waals surface area contributed by atoms with Gasteiger partial charge in [-0.15, -0.1) is 0 Å². The van der Waals surface area contributed by atoms with Gasteiger partial charge in [0, 0.05) is 19.6 Å². The summed E-state index contributed by atoms with van der Waals surface area (Å²) < 4.78 is 70.0. The topological polar surface area (TPSA) is 151 Å². The summed E-state index contributed by atoms with van der Waals surface area (Å²) in [6.45, 7) is 2.54. The van der Waals surface area contributed by atoms with Gasteiger partial charge < -0.3 is 14.8 Å². The van der Waals surface area contributed by atoms with Crippen LogP contribution in [0.4, 0.5) is 0 Å². The number of hydrogen-bond acceptors (Lipinski definition) is 11. The molecule has 0 saturated carbocycles. The second-order valence-corrected chi connectivity index (χ2v) is 11.8. The molecule has 14 heteroatoms. The van der Waals surface area contributed by atoms with Gasteiger partial charge in [0.2, 0.25) is 5.91 Å². The maximum Gasteiger partial charge on any atom is 0.264 e. The van der Waals surface area contributed by atoms with Gasteiger partial charge in [-0.1, -0.05) is 42.1 Å². The maximum atomic E-state index is 12.0. The highest BCUT2D eigenvalue weighted by Crippen LogP contribution is 2.31. The smallest absolute Gasteiger partial charge is 0.264 e. The van der Waals surface area contributed by atoms with Crippen molar-refractivity contribution < 1.29 is 44.3 Å². The molecular weight excluding hydrogens is 498 g/mol. The van der Waals surface area contributed by atoms with Crippen LogP contribution < -0.4 is 5.32 Å². The molecule has 0 radical (unpaired) electrons. The Balaban J connectivity index is 2.46. The fourth-order valence-corrected chi connectivity index (χ4v) is 5.09. The van der Waals surface area contributed by atoms with Gasteiger partial charge in [0.25, 0.3) is 20.2 Å². The highest BCUT2D eigenvalue weighted by atomic mass is 32.2. The van der Waals surface area contributed by atoms with E-state index in [-0.39, 0.29) is 17.5 Å². The number of carbonyl (C=O) groups excluding carboxylic acids is 2. The summed E-state index contributed by atoms with van der Waals surface area (Å²) in [6, 6.07) is 7.75. The van der Waals surface area contributed by atoms with Crippen molar-refractivity contribution in [2.75, 3.05) is 18.3 Å². The van der Waals surface area contributed by atoms with Crippen LogP contribution >= 0.6 is 11.8 Å². The first-order chi connectivity index (χ1) is 15.2. The van der Waals surface area contributed by atoms with Crippen LogP contribution in [0, 0.1) is 0 Å². The van der Waals surface area contributed by atoms with E-state index in [2.05, 4.69) is 5.32 Å². The summed E-state index contributed by atoms with van der Waals surface area (Å²) in [4.78, 5) is 23.4. The van der Waals surface area contributed by atoms with Gasteiger partial charge in [0.1, 0.15) is 24.4 Å². The van der Waals surface area contributed by atoms with Crippen LogP contribution in [-0.2, 0) is 54.3 Å². The molecule has 5 atom stereocenters. The molecule has 0 unspecified atom stereocenters. The van der Waals surface area contributed by atoms with Crippen molar-refractivity contribution >= 4 is 43.0 Å². The van der Waals surface area contributed by atoms with Crippen molar-refractivity contribution in [2.24, 2.45) is 0 Å². The Kier molecular flexibility index (Phi) is 9.84. The highest BCUT2D eigenvalue weighted by Gasteiger charge is 2.51. The van der Waals surface area contributed by atoms with Gasteiger partial charge >= 0.3 is 0 Å². The Morgan fingerprint density at radius 1 is 1.00 bits per heavy atom. The first-order valence-electron chi connectivity index (χ1n) is 9.73. The number of amides is 1. The lowest BCUT2D eigenvalue weighted by Crippen LogP contribution is -2.66. The third kappa shape index (κ3) is 9.68. The van der Waals surface area contributed by atoms with Crippen LogP contribution in [0.15, 0.2) is 30.3 Å². The third-order valence-corrected chi connectivity index (χ3v) is 6.34. The summed E-state index contributed by atoms with van der Waals surface area (Å²) >= 11 is 0.833. The Labute approximate surface area is 197 Å². The molecule has 0 bridgehead atoms. The zero-order valence-corrected chi connectivity index (χ0v) is 20.9. The Hall–Kier alpha value is -1.55. The lowest BCUT2D eigenvalue weighted by atomic mass is 9.97. The molecule has 0 aromatic heterocycles. The number of benzene rings is 1. The van der Waals surface area contributed by atoms with Crippen LogP contribution in [0.5, 0.6) is 0 Å². The van der Waals surface area contributed by atoms with E-state index in [1.54, 1.807) is 24.3 Å². The summed E-state index contributed by atoms with van der Waals surface area (Å²) in [5.41, 5.74) is 0.771. The van der Waals surface area contributed by atoms with Gasteiger partial charge in [-0.3, -0.25) is 18.0 Å². The zero-order valence-electron chi connectivity index (χ0n) is 18.5. The number of thioether (sulfide) groups is 1. The van der Waals surface area contributed by atoms with Crippen molar-refractivity contribution in [3.8, 4) is 0 Å². The molecule has 1 heterocycles. The Morgan fingerprint density at radius 2 is 1.58 bits per heavy atom. The van der Waals surface area contributed by atoms with Gasteiger partial charge in [-0.05, 0) is 5.56 Å². The van der Waals surface area contributed by atoms with E-state index in [9.17, 15) is 26.4 Å². The second-order valence-electron chi connectivity index (χ2n) is 7.40. The van der Waals surface area contributed by atoms with E-state index in [4.69, 9.17) is 17.8 Å². The molecule has 1 fully saturated rings. The Bertz CT molecular complexity index is 1030. The van der Waals surface area contributed by atoms with Gasteiger partial charge in [-0.2, -0.15) is 16.8 Å². The molecule has 1 saturated heterocycles. The molecule has 0 aliphatic carbocycles. The predicted octanol–water partition coefficient (Wildman–Crippen LogP) is 0.402. The molecule has 2 rings (SSSR count). The fourth-order valence-electron chi connectivity index (χ4n) is 3.15. The number of hydrogen-bond donors (Lipinski definition) is 1.